The highest BCUT2D eigenvalue weighted by Crippen LogP contribution is 2.28. The first-order valence-corrected chi connectivity index (χ1v) is 12.1. The molecule has 3 rings (SSSR count). The highest BCUT2D eigenvalue weighted by Gasteiger charge is 2.22. The molecule has 0 saturated carbocycles. The number of rotatable bonds is 6. The van der Waals surface area contributed by atoms with Crippen LogP contribution in [0.15, 0.2) is 70.5 Å². The third-order valence-corrected chi connectivity index (χ3v) is 7.52. The van der Waals surface area contributed by atoms with Crippen LogP contribution in [-0.2, 0) is 20.0 Å². The molecule has 0 aliphatic rings. The third kappa shape index (κ3) is 5.04. The average Bonchev–Trinajstić information content (AvgIpc) is 2.67. The summed E-state index contributed by atoms with van der Waals surface area (Å²) in [7, 11) is -8.28. The molecule has 0 unspecified atom stereocenters. The molecule has 0 fully saturated rings. The van der Waals surface area contributed by atoms with Crippen molar-refractivity contribution in [3.05, 3.63) is 82.1 Å². The van der Waals surface area contributed by atoms with E-state index in [0.717, 1.165) is 18.2 Å². The molecule has 0 saturated heterocycles. The zero-order chi connectivity index (χ0) is 22.1. The molecule has 0 atom stereocenters. The van der Waals surface area contributed by atoms with E-state index in [0.29, 0.717) is 10.6 Å². The molecule has 11 heteroatoms. The van der Waals surface area contributed by atoms with E-state index < -0.39 is 30.8 Å². The highest BCUT2D eigenvalue weighted by molar-refractivity contribution is 7.93. The van der Waals surface area contributed by atoms with Gasteiger partial charge in [-0.2, -0.15) is 0 Å². The van der Waals surface area contributed by atoms with Crippen molar-refractivity contribution in [3.63, 3.8) is 0 Å². The fourth-order valence-electron chi connectivity index (χ4n) is 2.49. The lowest BCUT2D eigenvalue weighted by Crippen LogP contribution is -2.16. The largest absolute Gasteiger partial charge is 0.280 e. The summed E-state index contributed by atoms with van der Waals surface area (Å²) in [5.41, 5.74) is 0.750. The summed E-state index contributed by atoms with van der Waals surface area (Å²) in [5.74, 6) is -0.778. The van der Waals surface area contributed by atoms with Gasteiger partial charge in [-0.05, 0) is 67.1 Å². The Morgan fingerprint density at radius 2 is 1.47 bits per heavy atom. The van der Waals surface area contributed by atoms with Gasteiger partial charge in [0.15, 0.2) is 0 Å². The maximum atomic E-state index is 13.5. The smallest absolute Gasteiger partial charge is 0.263 e. The van der Waals surface area contributed by atoms with E-state index in [1.807, 2.05) is 0 Å². The van der Waals surface area contributed by atoms with Crippen molar-refractivity contribution in [2.24, 2.45) is 0 Å². The minimum absolute atomic E-state index is 0.00862. The second kappa shape index (κ2) is 8.43. The molecule has 0 aliphatic heterocycles. The van der Waals surface area contributed by atoms with Crippen LogP contribution < -0.4 is 9.44 Å². The Morgan fingerprint density at radius 1 is 0.800 bits per heavy atom. The van der Waals surface area contributed by atoms with E-state index >= 15 is 0 Å². The van der Waals surface area contributed by atoms with Gasteiger partial charge in [0, 0.05) is 10.7 Å². The topological polar surface area (TPSA) is 92.3 Å². The molecule has 158 valence electrons. The van der Waals surface area contributed by atoms with E-state index in [1.54, 1.807) is 6.92 Å². The lowest BCUT2D eigenvalue weighted by atomic mass is 10.2. The molecule has 2 N–H and O–H groups in total. The Labute approximate surface area is 183 Å². The normalized spacial score (nSPS) is 11.9. The zero-order valence-corrected chi connectivity index (χ0v) is 18.5. The standard InChI is InChI=1S/C19H15Cl2FN2O4S2/c1-12-2-8-16(29(25,26)23-15-6-3-13(20)4-7-15)11-18(12)24-30(27,28)19-10-14(22)5-9-17(19)21/h2-11,23-24H,1H3. The molecule has 0 amide bonds. The summed E-state index contributed by atoms with van der Waals surface area (Å²) in [5, 5.41) is 0.274. The minimum atomic E-state index is -4.27. The van der Waals surface area contributed by atoms with Crippen LogP contribution in [0.25, 0.3) is 0 Å². The van der Waals surface area contributed by atoms with E-state index in [4.69, 9.17) is 23.2 Å². The van der Waals surface area contributed by atoms with Gasteiger partial charge in [-0.3, -0.25) is 9.44 Å². The van der Waals surface area contributed by atoms with Crippen LogP contribution in [0.2, 0.25) is 10.0 Å². The molecule has 0 aromatic heterocycles. The van der Waals surface area contributed by atoms with Crippen LogP contribution >= 0.6 is 23.2 Å². The van der Waals surface area contributed by atoms with Crippen LogP contribution in [0.1, 0.15) is 5.56 Å². The van der Waals surface area contributed by atoms with E-state index in [1.165, 1.54) is 42.5 Å². The van der Waals surface area contributed by atoms with Crippen molar-refractivity contribution in [1.82, 2.24) is 0 Å². The fourth-order valence-corrected chi connectivity index (χ4v) is 5.34. The monoisotopic (exact) mass is 488 g/mol. The van der Waals surface area contributed by atoms with Crippen LogP contribution in [0.5, 0.6) is 0 Å². The number of anilines is 2. The SMILES string of the molecule is Cc1ccc(S(=O)(=O)Nc2ccc(Cl)cc2)cc1NS(=O)(=O)c1cc(F)ccc1Cl. The van der Waals surface area contributed by atoms with Crippen LogP contribution in [0.4, 0.5) is 15.8 Å². The molecule has 0 bridgehead atoms. The predicted octanol–water partition coefficient (Wildman–Crippen LogP) is 5.04. The van der Waals surface area contributed by atoms with E-state index in [2.05, 4.69) is 9.44 Å². The number of nitrogens with one attached hydrogen (secondary N) is 2. The highest BCUT2D eigenvalue weighted by atomic mass is 35.5. The first kappa shape index (κ1) is 22.4. The molecule has 30 heavy (non-hydrogen) atoms. The lowest BCUT2D eigenvalue weighted by Gasteiger charge is -2.14. The number of hydrogen-bond acceptors (Lipinski definition) is 4. The van der Waals surface area contributed by atoms with Crippen LogP contribution in [-0.4, -0.2) is 16.8 Å². The molecule has 0 aliphatic carbocycles. The molecule has 6 nitrogen and oxygen atoms in total. The van der Waals surface area contributed by atoms with Crippen molar-refractivity contribution >= 4 is 54.6 Å². The summed E-state index contributed by atoms with van der Waals surface area (Å²) < 4.78 is 68.9. The Hall–Kier alpha value is -2.33. The van der Waals surface area contributed by atoms with Crippen LogP contribution in [0.3, 0.4) is 0 Å². The van der Waals surface area contributed by atoms with Gasteiger partial charge >= 0.3 is 0 Å². The van der Waals surface area contributed by atoms with Gasteiger partial charge in [-0.25, -0.2) is 21.2 Å². The average molecular weight is 489 g/mol. The molecular weight excluding hydrogens is 474 g/mol. The summed E-state index contributed by atoms with van der Waals surface area (Å²) in [6.45, 7) is 1.59. The number of sulfonamides is 2. The first-order valence-electron chi connectivity index (χ1n) is 8.35. The molecule has 0 heterocycles. The number of hydrogen-bond donors (Lipinski definition) is 2. The quantitative estimate of drug-likeness (QED) is 0.508. The second-order valence-electron chi connectivity index (χ2n) is 6.27. The van der Waals surface area contributed by atoms with Gasteiger partial charge < -0.3 is 0 Å². The van der Waals surface area contributed by atoms with Crippen molar-refractivity contribution < 1.29 is 21.2 Å². The van der Waals surface area contributed by atoms with E-state index in [9.17, 15) is 21.2 Å². The van der Waals surface area contributed by atoms with Gasteiger partial charge in [0.05, 0.1) is 15.6 Å². The van der Waals surface area contributed by atoms with Gasteiger partial charge in [0.2, 0.25) is 0 Å². The van der Waals surface area contributed by atoms with Crippen LogP contribution in [0, 0.1) is 12.7 Å². The number of benzene rings is 3. The minimum Gasteiger partial charge on any atom is -0.280 e. The fraction of sp³-hybridized carbons (Fsp3) is 0.0526. The molecule has 3 aromatic carbocycles. The maximum Gasteiger partial charge on any atom is 0.263 e. The summed E-state index contributed by atoms with van der Waals surface area (Å²) >= 11 is 11.7. The Balaban J connectivity index is 1.95. The Kier molecular flexibility index (Phi) is 6.28. The van der Waals surface area contributed by atoms with Gasteiger partial charge in [-0.1, -0.05) is 29.3 Å². The van der Waals surface area contributed by atoms with Gasteiger partial charge in [-0.15, -0.1) is 0 Å². The maximum absolute atomic E-state index is 13.5. The Bertz CT molecular complexity index is 1310. The summed E-state index contributed by atoms with van der Waals surface area (Å²) in [6.07, 6.45) is 0. The molecule has 3 aromatic rings. The van der Waals surface area contributed by atoms with Crippen molar-refractivity contribution in [2.45, 2.75) is 16.7 Å². The Morgan fingerprint density at radius 3 is 2.13 bits per heavy atom. The van der Waals surface area contributed by atoms with Crippen molar-refractivity contribution in [1.29, 1.82) is 0 Å². The summed E-state index contributed by atoms with van der Waals surface area (Å²) in [6, 6.07) is 12.9. The van der Waals surface area contributed by atoms with E-state index in [-0.39, 0.29) is 21.3 Å². The number of halogens is 3. The van der Waals surface area contributed by atoms with Crippen molar-refractivity contribution in [3.8, 4) is 0 Å². The number of aryl methyl sites for hydroxylation is 1. The second-order valence-corrected chi connectivity index (χ2v) is 10.4. The molecule has 0 spiro atoms. The molecule has 0 radical (unpaired) electrons. The predicted molar refractivity (Wildman–Crippen MR) is 116 cm³/mol. The van der Waals surface area contributed by atoms with Gasteiger partial charge in [0.1, 0.15) is 10.7 Å². The molecular formula is C19H15Cl2FN2O4S2. The van der Waals surface area contributed by atoms with Gasteiger partial charge in [0.25, 0.3) is 20.0 Å². The van der Waals surface area contributed by atoms with Crippen molar-refractivity contribution in [2.75, 3.05) is 9.44 Å². The lowest BCUT2D eigenvalue weighted by molar-refractivity contribution is 0.594. The first-order chi connectivity index (χ1) is 14.0. The summed E-state index contributed by atoms with van der Waals surface area (Å²) in [4.78, 5) is -0.637. The third-order valence-electron chi connectivity index (χ3n) is 4.04. The zero-order valence-electron chi connectivity index (χ0n) is 15.4.